The van der Waals surface area contributed by atoms with Gasteiger partial charge in [-0.1, -0.05) is 27.5 Å². The van der Waals surface area contributed by atoms with Crippen LogP contribution in [-0.4, -0.2) is 4.98 Å². The molecule has 2 rings (SSSR count). The number of rotatable bonds is 1. The molecule has 2 nitrogen and oxygen atoms in total. The third-order valence-electron chi connectivity index (χ3n) is 1.78. The molecule has 14 heavy (non-hydrogen) atoms. The van der Waals surface area contributed by atoms with E-state index in [1.54, 1.807) is 5.51 Å². The van der Waals surface area contributed by atoms with Crippen molar-refractivity contribution in [3.05, 3.63) is 33.2 Å². The maximum absolute atomic E-state index is 6.05. The fourth-order valence-electron chi connectivity index (χ4n) is 1.14. The van der Waals surface area contributed by atoms with Crippen LogP contribution in [-0.2, 0) is 0 Å². The first-order valence-corrected chi connectivity index (χ1v) is 5.88. The molecule has 0 atom stereocenters. The largest absolute Gasteiger partial charge is 0.389 e. The summed E-state index contributed by atoms with van der Waals surface area (Å²) in [7, 11) is 0. The van der Waals surface area contributed by atoms with Crippen LogP contribution in [0.25, 0.3) is 11.3 Å². The van der Waals surface area contributed by atoms with Crippen LogP contribution < -0.4 is 5.73 Å². The molecule has 1 aromatic carbocycles. The van der Waals surface area contributed by atoms with Crippen LogP contribution in [0.1, 0.15) is 0 Å². The van der Waals surface area contributed by atoms with E-state index in [0.29, 0.717) is 10.0 Å². The molecule has 5 heteroatoms. The van der Waals surface area contributed by atoms with Crippen molar-refractivity contribution in [2.75, 3.05) is 5.73 Å². The zero-order valence-electron chi connectivity index (χ0n) is 7.00. The minimum atomic E-state index is 0.658. The number of benzene rings is 1. The molecule has 72 valence electrons. The molecule has 0 spiro atoms. The molecule has 1 aromatic heterocycles. The van der Waals surface area contributed by atoms with Gasteiger partial charge in [0.15, 0.2) is 0 Å². The van der Waals surface area contributed by atoms with E-state index >= 15 is 0 Å². The predicted molar refractivity (Wildman–Crippen MR) is 64.7 cm³/mol. The van der Waals surface area contributed by atoms with E-state index in [-0.39, 0.29) is 0 Å². The van der Waals surface area contributed by atoms with Crippen LogP contribution in [0.4, 0.5) is 5.00 Å². The lowest BCUT2D eigenvalue weighted by Gasteiger charge is -2.02. The quantitative estimate of drug-likeness (QED) is 0.867. The summed E-state index contributed by atoms with van der Waals surface area (Å²) in [4.78, 5) is 4.18. The molecular weight excluding hydrogens is 284 g/mol. The van der Waals surface area contributed by atoms with Crippen LogP contribution in [0.2, 0.25) is 5.02 Å². The average molecular weight is 290 g/mol. The fourth-order valence-corrected chi connectivity index (χ4v) is 2.25. The van der Waals surface area contributed by atoms with Crippen molar-refractivity contribution < 1.29 is 0 Å². The van der Waals surface area contributed by atoms with Gasteiger partial charge in [0.05, 0.1) is 10.5 Å². The number of hydrogen-bond donors (Lipinski definition) is 1. The van der Waals surface area contributed by atoms with E-state index in [4.69, 9.17) is 17.3 Å². The Hall–Kier alpha value is -0.580. The fraction of sp³-hybridized carbons (Fsp3) is 0. The van der Waals surface area contributed by atoms with Gasteiger partial charge in [-0.05, 0) is 18.2 Å². The minimum Gasteiger partial charge on any atom is -0.389 e. The van der Waals surface area contributed by atoms with Crippen LogP contribution in [0.3, 0.4) is 0 Å². The van der Waals surface area contributed by atoms with Gasteiger partial charge in [0.25, 0.3) is 0 Å². The van der Waals surface area contributed by atoms with Crippen LogP contribution in [0.15, 0.2) is 28.2 Å². The number of thiazole rings is 1. The Balaban J connectivity index is 2.62. The molecular formula is C9H6BrClN2S. The maximum Gasteiger partial charge on any atom is 0.114 e. The Morgan fingerprint density at radius 3 is 2.86 bits per heavy atom. The molecule has 0 unspecified atom stereocenters. The summed E-state index contributed by atoms with van der Waals surface area (Å²) in [5.74, 6) is 0. The van der Waals surface area contributed by atoms with Gasteiger partial charge in [-0.3, -0.25) is 0 Å². The Morgan fingerprint density at radius 1 is 1.43 bits per heavy atom. The van der Waals surface area contributed by atoms with Crippen molar-refractivity contribution in [3.8, 4) is 11.3 Å². The number of halogens is 2. The molecule has 0 aliphatic carbocycles. The van der Waals surface area contributed by atoms with Gasteiger partial charge < -0.3 is 5.73 Å². The summed E-state index contributed by atoms with van der Waals surface area (Å²) >= 11 is 10.8. The second-order valence-electron chi connectivity index (χ2n) is 2.69. The number of nitrogens with zero attached hydrogens (tertiary/aromatic N) is 1. The first kappa shape index (κ1) is 9.96. The molecule has 0 bridgehead atoms. The first-order valence-electron chi connectivity index (χ1n) is 3.83. The number of aromatic nitrogens is 1. The van der Waals surface area contributed by atoms with Gasteiger partial charge in [0, 0.05) is 10.0 Å². The van der Waals surface area contributed by atoms with E-state index in [9.17, 15) is 0 Å². The molecule has 1 heterocycles. The van der Waals surface area contributed by atoms with Gasteiger partial charge in [-0.25, -0.2) is 4.98 Å². The Morgan fingerprint density at radius 2 is 2.21 bits per heavy atom. The normalized spacial score (nSPS) is 10.4. The highest BCUT2D eigenvalue weighted by atomic mass is 79.9. The van der Waals surface area contributed by atoms with Gasteiger partial charge in [0.1, 0.15) is 10.7 Å². The van der Waals surface area contributed by atoms with E-state index in [1.807, 2.05) is 18.2 Å². The summed E-state index contributed by atoms with van der Waals surface area (Å²) < 4.78 is 0.962. The molecule has 0 fully saturated rings. The molecule has 0 aliphatic heterocycles. The SMILES string of the molecule is Nc1scnc1-c1cc(Br)ccc1Cl. The van der Waals surface area contributed by atoms with Crippen LogP contribution in [0, 0.1) is 0 Å². The van der Waals surface area contributed by atoms with E-state index in [1.165, 1.54) is 11.3 Å². The monoisotopic (exact) mass is 288 g/mol. The average Bonchev–Trinajstić information content (AvgIpc) is 2.56. The van der Waals surface area contributed by atoms with Gasteiger partial charge in [-0.2, -0.15) is 0 Å². The van der Waals surface area contributed by atoms with Gasteiger partial charge >= 0.3 is 0 Å². The molecule has 2 aromatic rings. The molecule has 0 aliphatic rings. The minimum absolute atomic E-state index is 0.658. The summed E-state index contributed by atoms with van der Waals surface area (Å²) in [6.07, 6.45) is 0. The molecule has 0 amide bonds. The lowest BCUT2D eigenvalue weighted by atomic mass is 10.2. The van der Waals surface area contributed by atoms with Crippen molar-refractivity contribution in [1.29, 1.82) is 0 Å². The molecule has 0 radical (unpaired) electrons. The first-order chi connectivity index (χ1) is 6.68. The van der Waals surface area contributed by atoms with Crippen molar-refractivity contribution >= 4 is 43.9 Å². The lowest BCUT2D eigenvalue weighted by molar-refractivity contribution is 1.41. The van der Waals surface area contributed by atoms with E-state index in [2.05, 4.69) is 20.9 Å². The van der Waals surface area contributed by atoms with E-state index in [0.717, 1.165) is 15.7 Å². The highest BCUT2D eigenvalue weighted by molar-refractivity contribution is 9.10. The van der Waals surface area contributed by atoms with Crippen molar-refractivity contribution in [2.45, 2.75) is 0 Å². The lowest BCUT2D eigenvalue weighted by Crippen LogP contribution is -1.86. The second kappa shape index (κ2) is 3.88. The molecule has 0 saturated heterocycles. The Bertz CT molecular complexity index is 470. The topological polar surface area (TPSA) is 38.9 Å². The summed E-state index contributed by atoms with van der Waals surface area (Å²) in [6, 6.07) is 5.61. The zero-order chi connectivity index (χ0) is 10.1. The number of hydrogen-bond acceptors (Lipinski definition) is 3. The predicted octanol–water partition coefficient (Wildman–Crippen LogP) is 3.81. The summed E-state index contributed by atoms with van der Waals surface area (Å²) in [6.45, 7) is 0. The summed E-state index contributed by atoms with van der Waals surface area (Å²) in [5, 5.41) is 1.34. The van der Waals surface area contributed by atoms with Crippen LogP contribution in [0.5, 0.6) is 0 Å². The van der Waals surface area contributed by atoms with Crippen LogP contribution >= 0.6 is 38.9 Å². The Kier molecular flexibility index (Phi) is 2.76. The second-order valence-corrected chi connectivity index (χ2v) is 4.90. The highest BCUT2D eigenvalue weighted by Gasteiger charge is 2.09. The zero-order valence-corrected chi connectivity index (χ0v) is 10.2. The Labute approximate surface area is 98.9 Å². The number of nitrogen functional groups attached to an aromatic ring is 1. The molecule has 2 N–H and O–H groups in total. The third kappa shape index (κ3) is 1.78. The maximum atomic E-state index is 6.05. The van der Waals surface area contributed by atoms with Gasteiger partial charge in [-0.15, -0.1) is 11.3 Å². The third-order valence-corrected chi connectivity index (χ3v) is 3.26. The highest BCUT2D eigenvalue weighted by Crippen LogP contribution is 2.34. The van der Waals surface area contributed by atoms with Crippen molar-refractivity contribution in [2.24, 2.45) is 0 Å². The van der Waals surface area contributed by atoms with Crippen molar-refractivity contribution in [1.82, 2.24) is 4.98 Å². The number of anilines is 1. The van der Waals surface area contributed by atoms with Gasteiger partial charge in [0.2, 0.25) is 0 Å². The van der Waals surface area contributed by atoms with E-state index < -0.39 is 0 Å². The molecule has 0 saturated carbocycles. The smallest absolute Gasteiger partial charge is 0.114 e. The standard InChI is InChI=1S/C9H6BrClN2S/c10-5-1-2-7(11)6(3-5)8-9(12)14-4-13-8/h1-4H,12H2. The van der Waals surface area contributed by atoms with Crippen molar-refractivity contribution in [3.63, 3.8) is 0 Å². The summed E-state index contributed by atoms with van der Waals surface area (Å²) in [5.41, 5.74) is 9.10. The number of nitrogens with two attached hydrogens (primary N) is 1.